The van der Waals surface area contributed by atoms with Gasteiger partial charge in [-0.05, 0) is 62.0 Å². The van der Waals surface area contributed by atoms with Crippen LogP contribution in [0.2, 0.25) is 0 Å². The van der Waals surface area contributed by atoms with Gasteiger partial charge in [0.1, 0.15) is 17.6 Å². The lowest BCUT2D eigenvalue weighted by Crippen LogP contribution is -2.49. The first-order valence-electron chi connectivity index (χ1n) is 21.1. The van der Waals surface area contributed by atoms with Crippen LogP contribution >= 0.6 is 0 Å². The van der Waals surface area contributed by atoms with Crippen molar-refractivity contribution >= 4 is 44.4 Å². The maximum atomic E-state index is 15.0. The molecule has 316 valence electrons. The van der Waals surface area contributed by atoms with Crippen molar-refractivity contribution < 1.29 is 37.1 Å². The average molecular weight is 827 g/mol. The molecule has 0 unspecified atom stereocenters. The van der Waals surface area contributed by atoms with Crippen molar-refractivity contribution in [2.45, 2.75) is 109 Å². The number of ketones is 1. The lowest BCUT2D eigenvalue weighted by Gasteiger charge is -2.36. The summed E-state index contributed by atoms with van der Waals surface area (Å²) in [5.41, 5.74) is 0.280. The number of aromatic nitrogens is 1. The molecule has 12 nitrogen and oxygen atoms in total. The highest BCUT2D eigenvalue weighted by molar-refractivity contribution is 7.90. The molecule has 4 aliphatic rings. The molecule has 3 heterocycles. The Bertz CT molecular complexity index is 2190. The smallest absolute Gasteiger partial charge is 0.240 e. The molecule has 3 aromatic rings. The third-order valence-electron chi connectivity index (χ3n) is 13.0. The number of amides is 3. The number of nitrogens with one attached hydrogen (secondary N) is 1. The van der Waals surface area contributed by atoms with Crippen LogP contribution in [0.1, 0.15) is 91.4 Å². The van der Waals surface area contributed by atoms with Crippen LogP contribution in [-0.4, -0.2) is 90.8 Å². The van der Waals surface area contributed by atoms with Gasteiger partial charge >= 0.3 is 0 Å². The molecular formula is C46H58N4O8S. The van der Waals surface area contributed by atoms with Crippen molar-refractivity contribution in [3.05, 3.63) is 67.3 Å². The number of pyridine rings is 1. The number of hydrogen-bond acceptors (Lipinski definition) is 9. The molecule has 1 aromatic heterocycles. The molecule has 2 aliphatic heterocycles. The number of ether oxygens (including phenoxy) is 2. The lowest BCUT2D eigenvalue weighted by atomic mass is 9.77. The van der Waals surface area contributed by atoms with Gasteiger partial charge in [0.2, 0.25) is 27.7 Å². The Kier molecular flexibility index (Phi) is 12.2. The van der Waals surface area contributed by atoms with Crippen molar-refractivity contribution in [1.82, 2.24) is 19.5 Å². The molecule has 0 radical (unpaired) electrons. The summed E-state index contributed by atoms with van der Waals surface area (Å²) in [6.07, 6.45) is 6.58. The van der Waals surface area contributed by atoms with E-state index in [0.29, 0.717) is 48.6 Å². The number of fused-ring (bicyclic) bond motifs is 1. The van der Waals surface area contributed by atoms with Crippen molar-refractivity contribution in [2.24, 2.45) is 22.7 Å². The van der Waals surface area contributed by atoms with Gasteiger partial charge in [-0.2, -0.15) is 0 Å². The Labute approximate surface area is 348 Å². The first-order valence-corrected chi connectivity index (χ1v) is 22.7. The van der Waals surface area contributed by atoms with Crippen LogP contribution in [0.4, 0.5) is 0 Å². The van der Waals surface area contributed by atoms with Crippen molar-refractivity contribution in [3.63, 3.8) is 0 Å². The summed E-state index contributed by atoms with van der Waals surface area (Å²) in [5, 5.41) is 0.0828. The average Bonchev–Trinajstić information content (AvgIpc) is 3.51. The number of likely N-dealkylation sites (tertiary alicyclic amines) is 2. The molecule has 7 rings (SSSR count). The fraction of sp³-hybridized carbons (Fsp3) is 0.543. The number of Topliss-reactive ketones (excluding diaryl/α,β-unsaturated/α-hetero) is 1. The zero-order chi connectivity index (χ0) is 42.1. The molecule has 0 bridgehead atoms. The third-order valence-corrected chi connectivity index (χ3v) is 14.8. The van der Waals surface area contributed by atoms with Crippen molar-refractivity contribution in [3.8, 4) is 22.8 Å². The van der Waals surface area contributed by atoms with Gasteiger partial charge in [0.25, 0.3) is 0 Å². The topological polar surface area (TPSA) is 152 Å². The van der Waals surface area contributed by atoms with Crippen LogP contribution in [0, 0.1) is 22.7 Å². The highest BCUT2D eigenvalue weighted by Crippen LogP contribution is 2.57. The van der Waals surface area contributed by atoms with Gasteiger partial charge in [-0.3, -0.25) is 23.9 Å². The van der Waals surface area contributed by atoms with Gasteiger partial charge in [-0.25, -0.2) is 13.4 Å². The van der Waals surface area contributed by atoms with Gasteiger partial charge in [0, 0.05) is 55.4 Å². The summed E-state index contributed by atoms with van der Waals surface area (Å²) in [7, 11) is -2.34. The fourth-order valence-corrected chi connectivity index (χ4v) is 10.9. The predicted octanol–water partition coefficient (Wildman–Crippen LogP) is 6.86. The van der Waals surface area contributed by atoms with Gasteiger partial charge in [-0.15, -0.1) is 6.58 Å². The summed E-state index contributed by atoms with van der Waals surface area (Å²) >= 11 is 0. The number of carbonyl (C=O) groups is 4. The van der Waals surface area contributed by atoms with Crippen LogP contribution < -0.4 is 14.2 Å². The zero-order valence-electron chi connectivity index (χ0n) is 34.8. The van der Waals surface area contributed by atoms with E-state index in [1.54, 1.807) is 18.1 Å². The zero-order valence-corrected chi connectivity index (χ0v) is 35.6. The molecular weight excluding hydrogens is 769 g/mol. The fourth-order valence-electron chi connectivity index (χ4n) is 9.31. The number of piperidine rings is 1. The van der Waals surface area contributed by atoms with Crippen molar-refractivity contribution in [2.75, 3.05) is 26.7 Å². The minimum absolute atomic E-state index is 0.00639. The predicted molar refractivity (Wildman–Crippen MR) is 226 cm³/mol. The van der Waals surface area contributed by atoms with Gasteiger partial charge < -0.3 is 19.3 Å². The molecule has 2 saturated carbocycles. The molecule has 5 atom stereocenters. The van der Waals surface area contributed by atoms with Crippen LogP contribution in [0.25, 0.3) is 22.2 Å². The largest absolute Gasteiger partial charge is 0.497 e. The summed E-state index contributed by atoms with van der Waals surface area (Å²) in [4.78, 5) is 65.7. The maximum absolute atomic E-state index is 15.0. The normalized spacial score (nSPS) is 24.1. The molecule has 2 aromatic carbocycles. The second kappa shape index (κ2) is 17.1. The molecule has 59 heavy (non-hydrogen) atoms. The van der Waals surface area contributed by atoms with E-state index in [9.17, 15) is 27.6 Å². The van der Waals surface area contributed by atoms with Crippen molar-refractivity contribution in [1.29, 1.82) is 0 Å². The van der Waals surface area contributed by atoms with Crippen LogP contribution in [0.15, 0.2) is 67.3 Å². The molecule has 3 amide bonds. The SMILES string of the molecule is C=C[C@@H]1C[C@]1(CC(=O)[C@@H]1C[C@@H](Oc2cc(-c3ccccc3)nc3cc(OC)ccc23)CN1C(=O)[C@@H](CC(=O)N1CCCCC1)C(C)(C)C)C(=O)NS(=O)(=O)C1CCCC1. The number of nitrogens with zero attached hydrogens (tertiary/aromatic N) is 3. The molecule has 2 aliphatic carbocycles. The first kappa shape index (κ1) is 42.3. The van der Waals surface area contributed by atoms with E-state index >= 15 is 0 Å². The Morgan fingerprint density at radius 1 is 1.00 bits per heavy atom. The first-order chi connectivity index (χ1) is 28.1. The molecule has 0 spiro atoms. The molecule has 4 fully saturated rings. The number of rotatable bonds is 14. The van der Waals surface area contributed by atoms with E-state index in [1.165, 1.54) is 0 Å². The third kappa shape index (κ3) is 9.05. The van der Waals surface area contributed by atoms with E-state index in [2.05, 4.69) is 11.3 Å². The Morgan fingerprint density at radius 3 is 2.36 bits per heavy atom. The van der Waals surface area contributed by atoms with Crippen LogP contribution in [0.3, 0.4) is 0 Å². The highest BCUT2D eigenvalue weighted by atomic mass is 32.2. The Balaban J connectivity index is 1.21. The number of allylic oxidation sites excluding steroid dienone is 1. The second-order valence-electron chi connectivity index (χ2n) is 18.0. The van der Waals surface area contributed by atoms with E-state index in [1.807, 2.05) is 80.3 Å². The minimum Gasteiger partial charge on any atom is -0.497 e. The van der Waals surface area contributed by atoms with Crippen LogP contribution in [0.5, 0.6) is 11.5 Å². The van der Waals surface area contributed by atoms with Crippen LogP contribution in [-0.2, 0) is 29.2 Å². The van der Waals surface area contributed by atoms with E-state index in [-0.39, 0.29) is 49.8 Å². The molecule has 1 N–H and O–H groups in total. The highest BCUT2D eigenvalue weighted by Gasteiger charge is 2.61. The van der Waals surface area contributed by atoms with Gasteiger partial charge in [0.05, 0.1) is 47.5 Å². The summed E-state index contributed by atoms with van der Waals surface area (Å²) in [6, 6.07) is 16.1. The van der Waals surface area contributed by atoms with E-state index < -0.39 is 56.0 Å². The Morgan fingerprint density at radius 2 is 1.71 bits per heavy atom. The minimum atomic E-state index is -3.93. The number of hydrogen-bond donors (Lipinski definition) is 1. The summed E-state index contributed by atoms with van der Waals surface area (Å²) in [5.74, 6) is -1.43. The number of benzene rings is 2. The van der Waals surface area contributed by atoms with Gasteiger partial charge in [-0.1, -0.05) is 70.0 Å². The standard InChI is InChI=1S/C46H58N4O8S/c1-6-31-27-46(31,44(54)48-59(55,56)34-17-11-12-18-34)28-40(51)39-24-33(29-50(39)43(53)36(45(2,3)4)25-42(52)49-21-13-8-14-22-49)58-41-26-37(30-15-9-7-10-16-30)47-38-23-32(57-5)19-20-35(38)41/h6-7,9-10,15-16,19-20,23,26,31,33-34,36,39H,1,8,11-14,17-18,21-22,24-25,27-29H2,2-5H3,(H,48,54)/t31-,33-,36-,39+,46-/m1/s1. The molecule has 2 saturated heterocycles. The summed E-state index contributed by atoms with van der Waals surface area (Å²) < 4.78 is 41.2. The van der Waals surface area contributed by atoms with E-state index in [0.717, 1.165) is 43.1 Å². The molecule has 13 heteroatoms. The lowest BCUT2D eigenvalue weighted by molar-refractivity contribution is -0.148. The maximum Gasteiger partial charge on any atom is 0.240 e. The van der Waals surface area contributed by atoms with E-state index in [4.69, 9.17) is 14.5 Å². The Hall–Kier alpha value is -4.78. The number of sulfonamides is 1. The number of methoxy groups -OCH3 is 1. The monoisotopic (exact) mass is 826 g/mol. The quantitative estimate of drug-likeness (QED) is 0.172. The summed E-state index contributed by atoms with van der Waals surface area (Å²) in [6.45, 7) is 11.1. The number of carbonyl (C=O) groups excluding carboxylic acids is 4. The van der Waals surface area contributed by atoms with Gasteiger partial charge in [0.15, 0.2) is 5.78 Å². The second-order valence-corrected chi connectivity index (χ2v) is 20.0.